The van der Waals surface area contributed by atoms with E-state index in [4.69, 9.17) is 0 Å². The van der Waals surface area contributed by atoms with Crippen LogP contribution in [-0.4, -0.2) is 20.0 Å². The third-order valence-corrected chi connectivity index (χ3v) is 8.07. The number of carbonyl (C=O) groups is 1. The summed E-state index contributed by atoms with van der Waals surface area (Å²) >= 11 is 1.54. The second-order valence-corrected chi connectivity index (χ2v) is 10.9. The summed E-state index contributed by atoms with van der Waals surface area (Å²) in [7, 11) is -3.68. The molecule has 0 aliphatic heterocycles. The van der Waals surface area contributed by atoms with Crippen LogP contribution in [0, 0.1) is 5.92 Å². The first-order valence-corrected chi connectivity index (χ1v) is 12.8. The minimum Gasteiger partial charge on any atom is -0.280 e. The Morgan fingerprint density at radius 3 is 2.66 bits per heavy atom. The number of fused-ring (bicyclic) bond motifs is 1. The SMILES string of the molecule is C/C(=N\NC(=O)c1cc2c(s1)C[C@@H](C)CC2)c1cccc(NS(=O)(=O)c2ccccc2)c1. The Morgan fingerprint density at radius 2 is 1.88 bits per heavy atom. The molecular weight excluding hydrogens is 442 g/mol. The van der Waals surface area contributed by atoms with E-state index >= 15 is 0 Å². The maximum atomic E-state index is 12.6. The standard InChI is InChI=1S/C24H25N3O3S2/c1-16-11-12-19-15-23(31-22(19)13-16)24(28)26-25-17(2)18-7-6-8-20(14-18)27-32(29,30)21-9-4-3-5-10-21/h3-10,14-16,27H,11-13H2,1-2H3,(H,26,28)/b25-17+/t16-/m0/s1. The lowest BCUT2D eigenvalue weighted by Crippen LogP contribution is -2.18. The number of nitrogens with zero attached hydrogens (tertiary/aromatic N) is 1. The van der Waals surface area contributed by atoms with Gasteiger partial charge in [-0.1, -0.05) is 37.3 Å². The number of anilines is 1. The molecule has 0 bridgehead atoms. The van der Waals surface area contributed by atoms with Crippen molar-refractivity contribution in [3.63, 3.8) is 0 Å². The van der Waals surface area contributed by atoms with Gasteiger partial charge < -0.3 is 0 Å². The number of rotatable bonds is 6. The van der Waals surface area contributed by atoms with Gasteiger partial charge in [-0.3, -0.25) is 9.52 Å². The fourth-order valence-corrected chi connectivity index (χ4v) is 5.99. The van der Waals surface area contributed by atoms with Gasteiger partial charge in [-0.25, -0.2) is 13.8 Å². The van der Waals surface area contributed by atoms with E-state index in [1.54, 1.807) is 54.7 Å². The first-order valence-electron chi connectivity index (χ1n) is 10.5. The maximum Gasteiger partial charge on any atom is 0.281 e. The molecule has 6 nitrogen and oxygen atoms in total. The number of carbonyl (C=O) groups excluding carboxylic acids is 1. The first-order chi connectivity index (χ1) is 15.3. The van der Waals surface area contributed by atoms with Crippen LogP contribution in [0.25, 0.3) is 0 Å². The molecule has 1 aromatic heterocycles. The molecule has 4 rings (SSSR count). The molecule has 1 aliphatic rings. The van der Waals surface area contributed by atoms with E-state index < -0.39 is 10.0 Å². The number of hydrogen-bond donors (Lipinski definition) is 2. The molecule has 0 unspecified atom stereocenters. The van der Waals surface area contributed by atoms with Crippen molar-refractivity contribution in [2.75, 3.05) is 4.72 Å². The van der Waals surface area contributed by atoms with Crippen LogP contribution in [0.5, 0.6) is 0 Å². The van der Waals surface area contributed by atoms with Gasteiger partial charge in [0.2, 0.25) is 0 Å². The summed E-state index contributed by atoms with van der Waals surface area (Å²) in [6.07, 6.45) is 3.21. The largest absolute Gasteiger partial charge is 0.281 e. The topological polar surface area (TPSA) is 87.6 Å². The van der Waals surface area contributed by atoms with E-state index in [2.05, 4.69) is 22.2 Å². The average Bonchev–Trinajstić information content (AvgIpc) is 3.21. The zero-order valence-electron chi connectivity index (χ0n) is 18.0. The lowest BCUT2D eigenvalue weighted by molar-refractivity contribution is 0.0959. The number of hydrogen-bond acceptors (Lipinski definition) is 5. The van der Waals surface area contributed by atoms with E-state index in [9.17, 15) is 13.2 Å². The lowest BCUT2D eigenvalue weighted by atomic mass is 9.90. The van der Waals surface area contributed by atoms with Crippen LogP contribution in [0.3, 0.4) is 0 Å². The number of amides is 1. The predicted octanol–water partition coefficient (Wildman–Crippen LogP) is 4.83. The average molecular weight is 468 g/mol. The Balaban J connectivity index is 1.45. The highest BCUT2D eigenvalue weighted by Crippen LogP contribution is 2.32. The number of hydrazone groups is 1. The van der Waals surface area contributed by atoms with Crippen molar-refractivity contribution < 1.29 is 13.2 Å². The second kappa shape index (κ2) is 9.26. The Labute approximate surface area is 192 Å². The van der Waals surface area contributed by atoms with Crippen LogP contribution in [0.4, 0.5) is 5.69 Å². The van der Waals surface area contributed by atoms with Crippen molar-refractivity contribution >= 4 is 38.7 Å². The minimum absolute atomic E-state index is 0.191. The number of benzene rings is 2. The molecule has 1 atom stereocenters. The Morgan fingerprint density at radius 1 is 1.09 bits per heavy atom. The number of sulfonamides is 1. The summed E-state index contributed by atoms with van der Waals surface area (Å²) in [5, 5.41) is 4.23. The highest BCUT2D eigenvalue weighted by molar-refractivity contribution is 7.92. The lowest BCUT2D eigenvalue weighted by Gasteiger charge is -2.16. The van der Waals surface area contributed by atoms with Gasteiger partial charge in [0.05, 0.1) is 15.5 Å². The van der Waals surface area contributed by atoms with Gasteiger partial charge in [-0.2, -0.15) is 5.10 Å². The number of nitrogens with one attached hydrogen (secondary N) is 2. The molecule has 166 valence electrons. The van der Waals surface area contributed by atoms with E-state index in [-0.39, 0.29) is 10.8 Å². The van der Waals surface area contributed by atoms with Crippen molar-refractivity contribution in [1.82, 2.24) is 5.43 Å². The molecule has 3 aromatic rings. The molecular formula is C24H25N3O3S2. The van der Waals surface area contributed by atoms with E-state index in [0.29, 0.717) is 27.8 Å². The van der Waals surface area contributed by atoms with Crippen LogP contribution in [0.1, 0.15) is 45.9 Å². The summed E-state index contributed by atoms with van der Waals surface area (Å²) in [6.45, 7) is 4.01. The quantitative estimate of drug-likeness (QED) is 0.402. The molecule has 0 spiro atoms. The molecule has 2 N–H and O–H groups in total. The van der Waals surface area contributed by atoms with Gasteiger partial charge >= 0.3 is 0 Å². The van der Waals surface area contributed by atoms with Crippen LogP contribution in [-0.2, 0) is 22.9 Å². The molecule has 8 heteroatoms. The highest BCUT2D eigenvalue weighted by atomic mass is 32.2. The predicted molar refractivity (Wildman–Crippen MR) is 129 cm³/mol. The normalized spacial score (nSPS) is 16.3. The third kappa shape index (κ3) is 5.08. The Hall–Kier alpha value is -2.97. The summed E-state index contributed by atoms with van der Waals surface area (Å²) in [5.74, 6) is 0.432. The van der Waals surface area contributed by atoms with Gasteiger partial charge in [-0.15, -0.1) is 11.3 Å². The van der Waals surface area contributed by atoms with Gasteiger partial charge in [0.25, 0.3) is 15.9 Å². The molecule has 2 aromatic carbocycles. The minimum atomic E-state index is -3.68. The van der Waals surface area contributed by atoms with Crippen LogP contribution >= 0.6 is 11.3 Å². The fraction of sp³-hybridized carbons (Fsp3) is 0.250. The van der Waals surface area contributed by atoms with Gasteiger partial charge in [0, 0.05) is 10.6 Å². The van der Waals surface area contributed by atoms with E-state index in [1.807, 2.05) is 12.1 Å². The second-order valence-electron chi connectivity index (χ2n) is 8.04. The van der Waals surface area contributed by atoms with E-state index in [1.165, 1.54) is 22.6 Å². The zero-order valence-corrected chi connectivity index (χ0v) is 19.6. The van der Waals surface area contributed by atoms with Crippen molar-refractivity contribution in [3.05, 3.63) is 81.5 Å². The van der Waals surface area contributed by atoms with Crippen molar-refractivity contribution in [1.29, 1.82) is 0 Å². The maximum absolute atomic E-state index is 12.6. The fourth-order valence-electron chi connectivity index (χ4n) is 3.66. The Bertz CT molecular complexity index is 1260. The van der Waals surface area contributed by atoms with Gasteiger partial charge in [0.15, 0.2) is 0 Å². The molecule has 0 saturated heterocycles. The molecule has 1 amide bonds. The molecule has 0 saturated carbocycles. The highest BCUT2D eigenvalue weighted by Gasteiger charge is 2.20. The van der Waals surface area contributed by atoms with Crippen molar-refractivity contribution in [2.24, 2.45) is 11.0 Å². The number of thiophene rings is 1. The summed E-state index contributed by atoms with van der Waals surface area (Å²) in [6, 6.07) is 17.1. The molecule has 1 heterocycles. The van der Waals surface area contributed by atoms with Gasteiger partial charge in [-0.05, 0) is 73.6 Å². The molecule has 1 aliphatic carbocycles. The molecule has 0 radical (unpaired) electrons. The summed E-state index contributed by atoms with van der Waals surface area (Å²) in [4.78, 5) is 14.8. The zero-order chi connectivity index (χ0) is 22.7. The summed E-state index contributed by atoms with van der Waals surface area (Å²) < 4.78 is 27.7. The molecule has 32 heavy (non-hydrogen) atoms. The number of aryl methyl sites for hydroxylation is 1. The van der Waals surface area contributed by atoms with E-state index in [0.717, 1.165) is 19.3 Å². The molecule has 0 fully saturated rings. The first kappa shape index (κ1) is 22.2. The summed E-state index contributed by atoms with van der Waals surface area (Å²) in [5.41, 5.74) is 5.61. The van der Waals surface area contributed by atoms with Crippen LogP contribution in [0.2, 0.25) is 0 Å². The third-order valence-electron chi connectivity index (χ3n) is 5.47. The van der Waals surface area contributed by atoms with Gasteiger partial charge in [0.1, 0.15) is 0 Å². The smallest absolute Gasteiger partial charge is 0.280 e. The van der Waals surface area contributed by atoms with Crippen molar-refractivity contribution in [2.45, 2.75) is 38.0 Å². The van der Waals surface area contributed by atoms with Crippen LogP contribution < -0.4 is 10.1 Å². The van der Waals surface area contributed by atoms with Crippen molar-refractivity contribution in [3.8, 4) is 0 Å². The Kier molecular flexibility index (Phi) is 6.43. The monoisotopic (exact) mass is 467 g/mol. The van der Waals surface area contributed by atoms with Crippen LogP contribution in [0.15, 0.2) is 70.7 Å².